The van der Waals surface area contributed by atoms with E-state index in [1.165, 1.54) is 6.07 Å². The van der Waals surface area contributed by atoms with Crippen LogP contribution in [0.25, 0.3) is 11.3 Å². The molecule has 0 unspecified atom stereocenters. The lowest BCUT2D eigenvalue weighted by Crippen LogP contribution is -2.38. The van der Waals surface area contributed by atoms with Crippen LogP contribution in [-0.4, -0.2) is 39.8 Å². The Kier molecular flexibility index (Phi) is 8.13. The van der Waals surface area contributed by atoms with Crippen LogP contribution >= 0.6 is 24.0 Å². The number of imidazole rings is 1. The van der Waals surface area contributed by atoms with Crippen LogP contribution in [0.2, 0.25) is 0 Å². The molecule has 29 heavy (non-hydrogen) atoms. The third-order valence-corrected chi connectivity index (χ3v) is 4.25. The minimum Gasteiger partial charge on any atom is -0.352 e. The summed E-state index contributed by atoms with van der Waals surface area (Å²) in [4.78, 5) is 24.5. The molecule has 0 saturated carbocycles. The van der Waals surface area contributed by atoms with Crippen LogP contribution in [-0.2, 0) is 13.1 Å². The molecule has 0 saturated heterocycles. The van der Waals surface area contributed by atoms with E-state index in [1.54, 1.807) is 19.2 Å². The number of hydrogen-bond acceptors (Lipinski definition) is 4. The average Bonchev–Trinajstić information content (AvgIpc) is 3.18. The molecule has 2 N–H and O–H groups in total. The number of nitrogens with zero attached hydrogens (tertiary/aromatic N) is 4. The van der Waals surface area contributed by atoms with Crippen LogP contribution in [0.3, 0.4) is 0 Å². The van der Waals surface area contributed by atoms with Gasteiger partial charge in [0.05, 0.1) is 23.4 Å². The molecule has 9 heteroatoms. The van der Waals surface area contributed by atoms with Gasteiger partial charge in [0.2, 0.25) is 0 Å². The van der Waals surface area contributed by atoms with Crippen LogP contribution < -0.4 is 5.32 Å². The van der Waals surface area contributed by atoms with Gasteiger partial charge in [-0.1, -0.05) is 42.5 Å². The van der Waals surface area contributed by atoms with Gasteiger partial charge in [0.1, 0.15) is 5.82 Å². The Morgan fingerprint density at radius 3 is 2.69 bits per heavy atom. The van der Waals surface area contributed by atoms with E-state index < -0.39 is 4.92 Å². The molecule has 1 heterocycles. The molecule has 3 aromatic rings. The van der Waals surface area contributed by atoms with E-state index in [2.05, 4.69) is 20.3 Å². The predicted octanol–water partition coefficient (Wildman–Crippen LogP) is 3.81. The fourth-order valence-corrected chi connectivity index (χ4v) is 2.85. The number of rotatable bonds is 6. The Bertz CT molecular complexity index is 974. The molecule has 3 rings (SSSR count). The number of nitro groups is 1. The zero-order valence-corrected chi connectivity index (χ0v) is 18.5. The van der Waals surface area contributed by atoms with E-state index in [9.17, 15) is 10.1 Å². The topological polar surface area (TPSA) is 99.4 Å². The molecular weight excluding hydrogens is 483 g/mol. The molecule has 0 bridgehead atoms. The largest absolute Gasteiger partial charge is 0.352 e. The minimum atomic E-state index is -0.397. The van der Waals surface area contributed by atoms with Crippen molar-refractivity contribution in [3.8, 4) is 11.3 Å². The van der Waals surface area contributed by atoms with Gasteiger partial charge in [0.15, 0.2) is 5.96 Å². The third-order valence-electron chi connectivity index (χ3n) is 4.25. The number of aromatic amines is 1. The lowest BCUT2D eigenvalue weighted by molar-refractivity contribution is -0.384. The van der Waals surface area contributed by atoms with Gasteiger partial charge in [0.25, 0.3) is 5.69 Å². The maximum atomic E-state index is 10.9. The van der Waals surface area contributed by atoms with Crippen molar-refractivity contribution in [2.75, 3.05) is 14.1 Å². The van der Waals surface area contributed by atoms with E-state index in [-0.39, 0.29) is 29.7 Å². The van der Waals surface area contributed by atoms with E-state index >= 15 is 0 Å². The van der Waals surface area contributed by atoms with Gasteiger partial charge in [-0.15, -0.1) is 24.0 Å². The van der Waals surface area contributed by atoms with Gasteiger partial charge in [-0.2, -0.15) is 0 Å². The SMILES string of the molecule is CN=C(NCc1cccc([N+](=O)[O-])c1)N(C)Cc1ncc(-c2ccccc2)[nH]1.I. The summed E-state index contributed by atoms with van der Waals surface area (Å²) in [7, 11) is 3.61. The summed E-state index contributed by atoms with van der Waals surface area (Å²) in [5.41, 5.74) is 2.93. The summed E-state index contributed by atoms with van der Waals surface area (Å²) in [6, 6.07) is 16.6. The molecule has 0 atom stereocenters. The van der Waals surface area contributed by atoms with E-state index in [1.807, 2.05) is 54.5 Å². The molecule has 2 aromatic carbocycles. The van der Waals surface area contributed by atoms with Crippen molar-refractivity contribution < 1.29 is 4.92 Å². The fraction of sp³-hybridized carbons (Fsp3) is 0.200. The van der Waals surface area contributed by atoms with Crippen molar-refractivity contribution in [1.82, 2.24) is 20.2 Å². The molecule has 0 fully saturated rings. The molecule has 0 aliphatic rings. The maximum absolute atomic E-state index is 10.9. The van der Waals surface area contributed by atoms with Gasteiger partial charge in [0, 0.05) is 32.8 Å². The number of guanidine groups is 1. The van der Waals surface area contributed by atoms with Gasteiger partial charge in [-0.3, -0.25) is 15.1 Å². The second-order valence-electron chi connectivity index (χ2n) is 6.29. The number of hydrogen-bond donors (Lipinski definition) is 2. The van der Waals surface area contributed by atoms with Crippen LogP contribution in [0.5, 0.6) is 0 Å². The van der Waals surface area contributed by atoms with Crippen molar-refractivity contribution in [2.45, 2.75) is 13.1 Å². The average molecular weight is 506 g/mol. The van der Waals surface area contributed by atoms with Crippen molar-refractivity contribution in [2.24, 2.45) is 4.99 Å². The number of H-pyrrole nitrogens is 1. The lowest BCUT2D eigenvalue weighted by atomic mass is 10.2. The maximum Gasteiger partial charge on any atom is 0.269 e. The predicted molar refractivity (Wildman–Crippen MR) is 124 cm³/mol. The highest BCUT2D eigenvalue weighted by atomic mass is 127. The van der Waals surface area contributed by atoms with Crippen molar-refractivity contribution >= 4 is 35.6 Å². The molecule has 0 aliphatic carbocycles. The minimum absolute atomic E-state index is 0. The Morgan fingerprint density at radius 1 is 1.24 bits per heavy atom. The normalized spacial score (nSPS) is 10.9. The van der Waals surface area contributed by atoms with Crippen LogP contribution in [0.1, 0.15) is 11.4 Å². The summed E-state index contributed by atoms with van der Waals surface area (Å²) in [5.74, 6) is 1.49. The van der Waals surface area contributed by atoms with Crippen molar-refractivity contribution in [3.05, 3.63) is 82.3 Å². The first-order chi connectivity index (χ1) is 13.6. The van der Waals surface area contributed by atoms with Crippen molar-refractivity contribution in [1.29, 1.82) is 0 Å². The van der Waals surface area contributed by atoms with Gasteiger partial charge in [-0.25, -0.2) is 4.98 Å². The standard InChI is InChI=1S/C20H22N6O2.HI/c1-21-20(23-12-15-7-6-10-17(11-15)26(27)28)25(2)14-19-22-13-18(24-19)16-8-4-3-5-9-16;/h3-11,13H,12,14H2,1-2H3,(H,21,23)(H,22,24);1H. The number of non-ortho nitro benzene ring substituents is 1. The quantitative estimate of drug-likeness (QED) is 0.174. The summed E-state index contributed by atoms with van der Waals surface area (Å²) < 4.78 is 0. The monoisotopic (exact) mass is 506 g/mol. The lowest BCUT2D eigenvalue weighted by Gasteiger charge is -2.21. The molecular formula is C20H23IN6O2. The first kappa shape index (κ1) is 22.3. The first-order valence-electron chi connectivity index (χ1n) is 8.81. The highest BCUT2D eigenvalue weighted by molar-refractivity contribution is 14.0. The highest BCUT2D eigenvalue weighted by Crippen LogP contribution is 2.16. The molecule has 0 aliphatic heterocycles. The van der Waals surface area contributed by atoms with Crippen LogP contribution in [0.15, 0.2) is 65.8 Å². The van der Waals surface area contributed by atoms with Crippen molar-refractivity contribution in [3.63, 3.8) is 0 Å². The van der Waals surface area contributed by atoms with Crippen LogP contribution in [0.4, 0.5) is 5.69 Å². The van der Waals surface area contributed by atoms with E-state index in [0.29, 0.717) is 19.0 Å². The zero-order chi connectivity index (χ0) is 19.9. The number of halogens is 1. The van der Waals surface area contributed by atoms with E-state index in [0.717, 1.165) is 22.6 Å². The smallest absolute Gasteiger partial charge is 0.269 e. The highest BCUT2D eigenvalue weighted by Gasteiger charge is 2.11. The van der Waals surface area contributed by atoms with E-state index in [4.69, 9.17) is 0 Å². The molecule has 0 amide bonds. The number of nitro benzene ring substituents is 1. The molecule has 0 spiro atoms. The first-order valence-corrected chi connectivity index (χ1v) is 8.81. The summed E-state index contributed by atoms with van der Waals surface area (Å²) in [5, 5.41) is 14.1. The number of aliphatic imine (C=N–C) groups is 1. The van der Waals surface area contributed by atoms with Crippen LogP contribution in [0, 0.1) is 10.1 Å². The Balaban J connectivity index is 0.00000300. The number of aromatic nitrogens is 2. The zero-order valence-electron chi connectivity index (χ0n) is 16.2. The summed E-state index contributed by atoms with van der Waals surface area (Å²) >= 11 is 0. The Labute approximate surface area is 186 Å². The summed E-state index contributed by atoms with van der Waals surface area (Å²) in [6.07, 6.45) is 1.82. The van der Waals surface area contributed by atoms with Gasteiger partial charge >= 0.3 is 0 Å². The Hall–Kier alpha value is -2.95. The van der Waals surface area contributed by atoms with Gasteiger partial charge < -0.3 is 15.2 Å². The molecule has 0 radical (unpaired) electrons. The number of benzene rings is 2. The molecule has 8 nitrogen and oxygen atoms in total. The Morgan fingerprint density at radius 2 is 2.00 bits per heavy atom. The fourth-order valence-electron chi connectivity index (χ4n) is 2.85. The third kappa shape index (κ3) is 6.01. The molecule has 1 aromatic heterocycles. The van der Waals surface area contributed by atoms with Gasteiger partial charge in [-0.05, 0) is 11.1 Å². The summed E-state index contributed by atoms with van der Waals surface area (Å²) in [6.45, 7) is 0.980. The molecule has 152 valence electrons. The second kappa shape index (κ2) is 10.6. The number of nitrogens with one attached hydrogen (secondary N) is 2. The second-order valence-corrected chi connectivity index (χ2v) is 6.29.